The van der Waals surface area contributed by atoms with Crippen LogP contribution in [-0.2, 0) is 0 Å². The van der Waals surface area contributed by atoms with Crippen LogP contribution in [0.1, 0.15) is 16.1 Å². The first kappa shape index (κ1) is 11.1. The van der Waals surface area contributed by atoms with E-state index < -0.39 is 5.97 Å². The van der Waals surface area contributed by atoms with Crippen LogP contribution in [0.3, 0.4) is 0 Å². The highest BCUT2D eigenvalue weighted by Crippen LogP contribution is 2.19. The molecule has 0 radical (unpaired) electrons. The van der Waals surface area contributed by atoms with E-state index in [1.165, 1.54) is 18.5 Å². The minimum atomic E-state index is -1.04. The zero-order valence-corrected chi connectivity index (χ0v) is 9.12. The van der Waals surface area contributed by atoms with Gasteiger partial charge < -0.3 is 9.84 Å². The first-order chi connectivity index (χ1) is 8.15. The Balaban J connectivity index is 2.24. The van der Waals surface area contributed by atoms with Crippen molar-refractivity contribution in [2.24, 2.45) is 0 Å². The Hall–Kier alpha value is -2.43. The van der Waals surface area contributed by atoms with Gasteiger partial charge in [0.1, 0.15) is 5.75 Å². The summed E-state index contributed by atoms with van der Waals surface area (Å²) in [6.45, 7) is 1.85. The number of aromatic nitrogens is 2. The van der Waals surface area contributed by atoms with E-state index >= 15 is 0 Å². The molecule has 0 unspecified atom stereocenters. The number of aromatic carboxylic acids is 1. The molecular formula is C12H10N2O3. The first-order valence-electron chi connectivity index (χ1n) is 4.95. The van der Waals surface area contributed by atoms with E-state index in [0.29, 0.717) is 11.6 Å². The fraction of sp³-hybridized carbons (Fsp3) is 0.0833. The van der Waals surface area contributed by atoms with E-state index in [9.17, 15) is 4.79 Å². The number of carboxylic acid groups (broad SMARTS) is 1. The van der Waals surface area contributed by atoms with Gasteiger partial charge in [-0.15, -0.1) is 0 Å². The van der Waals surface area contributed by atoms with Crippen molar-refractivity contribution in [2.45, 2.75) is 6.92 Å². The number of carboxylic acids is 1. The van der Waals surface area contributed by atoms with Gasteiger partial charge in [0, 0.05) is 18.0 Å². The second-order valence-electron chi connectivity index (χ2n) is 3.43. The van der Waals surface area contributed by atoms with Gasteiger partial charge in [0.15, 0.2) is 0 Å². The molecule has 2 aromatic rings. The summed E-state index contributed by atoms with van der Waals surface area (Å²) in [7, 11) is 0. The lowest BCUT2D eigenvalue weighted by atomic mass is 10.3. The molecule has 0 spiro atoms. The minimum Gasteiger partial charge on any atom is -0.478 e. The van der Waals surface area contributed by atoms with E-state index in [2.05, 4.69) is 9.97 Å². The third-order valence-electron chi connectivity index (χ3n) is 2.05. The molecule has 0 saturated heterocycles. The maximum Gasteiger partial charge on any atom is 0.337 e. The van der Waals surface area contributed by atoms with Crippen LogP contribution >= 0.6 is 0 Å². The summed E-state index contributed by atoms with van der Waals surface area (Å²) >= 11 is 0. The van der Waals surface area contributed by atoms with E-state index in [1.807, 2.05) is 19.1 Å². The molecular weight excluding hydrogens is 220 g/mol. The molecule has 2 heterocycles. The Morgan fingerprint density at radius 3 is 2.88 bits per heavy atom. The van der Waals surface area contributed by atoms with Crippen LogP contribution in [-0.4, -0.2) is 21.0 Å². The van der Waals surface area contributed by atoms with Crippen molar-refractivity contribution in [3.05, 3.63) is 47.9 Å². The maximum absolute atomic E-state index is 10.7. The molecule has 0 bridgehead atoms. The largest absolute Gasteiger partial charge is 0.478 e. The number of rotatable bonds is 3. The zero-order valence-electron chi connectivity index (χ0n) is 9.12. The first-order valence-corrected chi connectivity index (χ1v) is 4.95. The second kappa shape index (κ2) is 4.61. The molecule has 17 heavy (non-hydrogen) atoms. The van der Waals surface area contributed by atoms with Crippen LogP contribution in [0.5, 0.6) is 11.6 Å². The summed E-state index contributed by atoms with van der Waals surface area (Å²) in [5.74, 6) is -0.280. The number of carbonyl (C=O) groups is 1. The Morgan fingerprint density at radius 2 is 2.18 bits per heavy atom. The Bertz CT molecular complexity index is 555. The number of aryl methyl sites for hydroxylation is 1. The average Bonchev–Trinajstić information content (AvgIpc) is 2.29. The highest BCUT2D eigenvalue weighted by molar-refractivity contribution is 5.87. The predicted octanol–water partition coefficient (Wildman–Crippen LogP) is 2.28. The van der Waals surface area contributed by atoms with Gasteiger partial charge in [-0.2, -0.15) is 0 Å². The molecule has 5 heteroatoms. The lowest BCUT2D eigenvalue weighted by Gasteiger charge is -2.05. The third-order valence-corrected chi connectivity index (χ3v) is 2.05. The zero-order chi connectivity index (χ0) is 12.3. The molecule has 86 valence electrons. The van der Waals surface area contributed by atoms with Gasteiger partial charge in [-0.3, -0.25) is 4.98 Å². The monoisotopic (exact) mass is 230 g/mol. The molecule has 2 rings (SSSR count). The summed E-state index contributed by atoms with van der Waals surface area (Å²) in [5, 5.41) is 8.81. The number of ether oxygens (including phenoxy) is 1. The Labute approximate surface area is 97.7 Å². The molecule has 1 N–H and O–H groups in total. The lowest BCUT2D eigenvalue weighted by molar-refractivity contribution is 0.0696. The van der Waals surface area contributed by atoms with Crippen molar-refractivity contribution < 1.29 is 14.6 Å². The van der Waals surface area contributed by atoms with Crippen molar-refractivity contribution in [2.75, 3.05) is 0 Å². The molecule has 5 nitrogen and oxygen atoms in total. The van der Waals surface area contributed by atoms with Crippen LogP contribution in [0.2, 0.25) is 0 Å². The highest BCUT2D eigenvalue weighted by atomic mass is 16.5. The maximum atomic E-state index is 10.7. The van der Waals surface area contributed by atoms with Gasteiger partial charge in [-0.05, 0) is 19.1 Å². The fourth-order valence-corrected chi connectivity index (χ4v) is 1.29. The van der Waals surface area contributed by atoms with Crippen molar-refractivity contribution in [1.82, 2.24) is 9.97 Å². The summed E-state index contributed by atoms with van der Waals surface area (Å²) in [5.41, 5.74) is 0.903. The molecule has 0 aliphatic heterocycles. The summed E-state index contributed by atoms with van der Waals surface area (Å²) in [6.07, 6.45) is 2.70. The fourth-order valence-electron chi connectivity index (χ4n) is 1.29. The van der Waals surface area contributed by atoms with Crippen molar-refractivity contribution in [3.63, 3.8) is 0 Å². The second-order valence-corrected chi connectivity index (χ2v) is 3.43. The quantitative estimate of drug-likeness (QED) is 0.875. The van der Waals surface area contributed by atoms with E-state index in [1.54, 1.807) is 6.07 Å². The average molecular weight is 230 g/mol. The van der Waals surface area contributed by atoms with E-state index in [-0.39, 0.29) is 5.56 Å². The van der Waals surface area contributed by atoms with Gasteiger partial charge >= 0.3 is 5.97 Å². The smallest absolute Gasteiger partial charge is 0.337 e. The molecule has 0 aliphatic carbocycles. The molecule has 0 fully saturated rings. The topological polar surface area (TPSA) is 72.3 Å². The van der Waals surface area contributed by atoms with Gasteiger partial charge in [0.25, 0.3) is 0 Å². The van der Waals surface area contributed by atoms with Crippen LogP contribution in [0.25, 0.3) is 0 Å². The molecule has 0 aliphatic rings. The lowest BCUT2D eigenvalue weighted by Crippen LogP contribution is -1.98. The van der Waals surface area contributed by atoms with Gasteiger partial charge in [-0.1, -0.05) is 6.07 Å². The Kier molecular flexibility index (Phi) is 3.00. The standard InChI is InChI=1S/C12H10N2O3/c1-8-3-2-4-11(14-8)17-10-5-9(12(15)16)6-13-7-10/h2-7H,1H3,(H,15,16). The summed E-state index contributed by atoms with van der Waals surface area (Å²) in [4.78, 5) is 18.7. The van der Waals surface area contributed by atoms with Crippen LogP contribution in [0.15, 0.2) is 36.7 Å². The van der Waals surface area contributed by atoms with Gasteiger partial charge in [0.05, 0.1) is 11.8 Å². The van der Waals surface area contributed by atoms with Crippen molar-refractivity contribution >= 4 is 5.97 Å². The van der Waals surface area contributed by atoms with Gasteiger partial charge in [-0.25, -0.2) is 9.78 Å². The molecule has 0 amide bonds. The number of hydrogen-bond acceptors (Lipinski definition) is 4. The molecule has 0 saturated carbocycles. The van der Waals surface area contributed by atoms with Crippen LogP contribution in [0.4, 0.5) is 0 Å². The van der Waals surface area contributed by atoms with E-state index in [0.717, 1.165) is 5.69 Å². The third kappa shape index (κ3) is 2.78. The van der Waals surface area contributed by atoms with E-state index in [4.69, 9.17) is 9.84 Å². The number of hydrogen-bond donors (Lipinski definition) is 1. The number of pyridine rings is 2. The van der Waals surface area contributed by atoms with Crippen molar-refractivity contribution in [1.29, 1.82) is 0 Å². The SMILES string of the molecule is Cc1cccc(Oc2cncc(C(=O)O)c2)n1. The van der Waals surface area contributed by atoms with Crippen molar-refractivity contribution in [3.8, 4) is 11.6 Å². The van der Waals surface area contributed by atoms with Gasteiger partial charge in [0.2, 0.25) is 5.88 Å². The summed E-state index contributed by atoms with van der Waals surface area (Å²) in [6, 6.07) is 6.75. The Morgan fingerprint density at radius 1 is 1.35 bits per heavy atom. The van der Waals surface area contributed by atoms with Crippen LogP contribution in [0, 0.1) is 6.92 Å². The summed E-state index contributed by atoms with van der Waals surface area (Å²) < 4.78 is 5.41. The minimum absolute atomic E-state index is 0.0788. The highest BCUT2D eigenvalue weighted by Gasteiger charge is 2.06. The van der Waals surface area contributed by atoms with Crippen LogP contribution < -0.4 is 4.74 Å². The molecule has 0 aromatic carbocycles. The number of nitrogens with zero attached hydrogens (tertiary/aromatic N) is 2. The predicted molar refractivity (Wildman–Crippen MR) is 60.2 cm³/mol. The molecule has 0 atom stereocenters. The molecule has 2 aromatic heterocycles. The normalized spacial score (nSPS) is 9.94.